The molecule has 5 rings (SSSR count). The Balaban J connectivity index is 1.32. The van der Waals surface area contributed by atoms with Gasteiger partial charge in [-0.05, 0) is 81.2 Å². The van der Waals surface area contributed by atoms with Gasteiger partial charge in [-0.15, -0.1) is 11.3 Å². The van der Waals surface area contributed by atoms with Gasteiger partial charge in [-0.1, -0.05) is 0 Å². The van der Waals surface area contributed by atoms with Gasteiger partial charge in [-0.25, -0.2) is 22.2 Å². The number of aliphatic carboxylic acids is 1. The Kier molecular flexibility index (Phi) is 9.08. The van der Waals surface area contributed by atoms with E-state index in [1.807, 2.05) is 14.1 Å². The number of carboxylic acids is 1. The van der Waals surface area contributed by atoms with E-state index in [0.717, 1.165) is 25.0 Å². The molecule has 0 saturated carbocycles. The van der Waals surface area contributed by atoms with Crippen LogP contribution in [0.5, 0.6) is 5.75 Å². The van der Waals surface area contributed by atoms with E-state index >= 15 is 0 Å². The van der Waals surface area contributed by atoms with Crippen molar-refractivity contribution in [1.82, 2.24) is 19.5 Å². The Morgan fingerprint density at radius 2 is 1.77 bits per heavy atom. The number of rotatable bonds is 10. The summed E-state index contributed by atoms with van der Waals surface area (Å²) in [6.45, 7) is 0.821. The summed E-state index contributed by atoms with van der Waals surface area (Å²) in [5.41, 5.74) is 0.338. The van der Waals surface area contributed by atoms with Gasteiger partial charge < -0.3 is 20.1 Å². The number of piperidine rings is 1. The molecule has 14 heteroatoms. The van der Waals surface area contributed by atoms with Crippen molar-refractivity contribution in [2.75, 3.05) is 34.3 Å². The summed E-state index contributed by atoms with van der Waals surface area (Å²) in [5.74, 6) is -3.43. The minimum absolute atomic E-state index is 0.0228. The number of fused-ring (bicyclic) bond motifs is 1. The second kappa shape index (κ2) is 12.5. The van der Waals surface area contributed by atoms with Gasteiger partial charge in [0.05, 0.1) is 36.1 Å². The van der Waals surface area contributed by atoms with Crippen molar-refractivity contribution in [3.63, 3.8) is 0 Å². The normalized spacial score (nSPS) is 17.0. The van der Waals surface area contributed by atoms with Crippen LogP contribution in [0.3, 0.4) is 0 Å². The molecular formula is C30H34F2N4O6S2. The van der Waals surface area contributed by atoms with Crippen LogP contribution in [0, 0.1) is 17.0 Å². The predicted octanol–water partition coefficient (Wildman–Crippen LogP) is 3.69. The van der Waals surface area contributed by atoms with Crippen LogP contribution in [-0.4, -0.2) is 79.9 Å². The maximum atomic E-state index is 13.8. The molecule has 0 unspecified atom stereocenters. The molecular weight excluding hydrogens is 614 g/mol. The number of halogens is 2. The number of nitrogens with zero attached hydrogens (tertiary/aromatic N) is 3. The Labute approximate surface area is 258 Å². The molecule has 2 aromatic carbocycles. The van der Waals surface area contributed by atoms with Crippen LogP contribution < -0.4 is 10.1 Å². The lowest BCUT2D eigenvalue weighted by Crippen LogP contribution is -2.44. The van der Waals surface area contributed by atoms with Gasteiger partial charge in [0, 0.05) is 30.1 Å². The number of aromatic nitrogens is 1. The molecule has 0 bridgehead atoms. The fraction of sp³-hybridized carbons (Fsp3) is 0.433. The van der Waals surface area contributed by atoms with Gasteiger partial charge in [-0.3, -0.25) is 9.59 Å². The molecule has 2 heterocycles. The summed E-state index contributed by atoms with van der Waals surface area (Å²) in [4.78, 5) is 31.9. The molecule has 1 aliphatic carbocycles. The minimum Gasteiger partial charge on any atom is -0.496 e. The Morgan fingerprint density at radius 3 is 2.34 bits per heavy atom. The van der Waals surface area contributed by atoms with E-state index in [2.05, 4.69) is 15.2 Å². The Bertz CT molecular complexity index is 1660. The van der Waals surface area contributed by atoms with Crippen molar-refractivity contribution >= 4 is 33.2 Å². The fourth-order valence-corrected chi connectivity index (χ4v) is 8.29. The van der Waals surface area contributed by atoms with Crippen LogP contribution in [0.1, 0.15) is 35.4 Å². The lowest BCUT2D eigenvalue weighted by molar-refractivity contribution is -0.145. The number of hydrogen-bond donors (Lipinski definition) is 2. The minimum atomic E-state index is -3.75. The zero-order valence-electron chi connectivity index (χ0n) is 24.6. The molecule has 236 valence electrons. The van der Waals surface area contributed by atoms with Crippen molar-refractivity contribution < 1.29 is 36.6 Å². The Morgan fingerprint density at radius 1 is 1.14 bits per heavy atom. The number of carboxylic acid groups (broad SMARTS) is 1. The van der Waals surface area contributed by atoms with Crippen LogP contribution in [0.25, 0.3) is 11.3 Å². The first-order valence-corrected chi connectivity index (χ1v) is 16.4. The third-order valence-corrected chi connectivity index (χ3v) is 11.2. The summed E-state index contributed by atoms with van der Waals surface area (Å²) in [5, 5.41) is 14.5. The molecule has 2 aliphatic rings. The second-order valence-corrected chi connectivity index (χ2v) is 14.4. The first-order valence-electron chi connectivity index (χ1n) is 14.1. The number of ether oxygens (including phenoxy) is 1. The zero-order chi connectivity index (χ0) is 31.8. The summed E-state index contributed by atoms with van der Waals surface area (Å²) >= 11 is 1.24. The highest BCUT2D eigenvalue weighted by Gasteiger charge is 2.46. The smallest absolute Gasteiger partial charge is 0.304 e. The van der Waals surface area contributed by atoms with Crippen molar-refractivity contribution in [3.8, 4) is 17.0 Å². The van der Waals surface area contributed by atoms with Crippen LogP contribution >= 0.6 is 11.3 Å². The van der Waals surface area contributed by atoms with E-state index in [-0.39, 0.29) is 24.3 Å². The lowest BCUT2D eigenvalue weighted by Gasteiger charge is -2.34. The molecule has 1 fully saturated rings. The van der Waals surface area contributed by atoms with Crippen molar-refractivity contribution in [2.45, 2.75) is 49.6 Å². The van der Waals surface area contributed by atoms with Crippen LogP contribution in [-0.2, 0) is 39.0 Å². The van der Waals surface area contributed by atoms with Crippen molar-refractivity contribution in [2.24, 2.45) is 5.41 Å². The average molecular weight is 649 g/mol. The van der Waals surface area contributed by atoms with Gasteiger partial charge in [0.1, 0.15) is 10.8 Å². The molecule has 3 aromatic rings. The van der Waals surface area contributed by atoms with Crippen LogP contribution in [0.4, 0.5) is 8.78 Å². The molecule has 0 atom stereocenters. The standard InChI is InChI=1S/C30H34F2N4O6S2/c1-35(2)20-6-8-36(9-7-20)44(40,41)21-4-5-26(42-3)22(12-21)25-17-43-27(34-25)16-33-29(39)30(15-28(37)38)13-18-10-23(31)24(32)11-19(18)14-30/h4-5,10-12,17,20H,6-9,13-16H2,1-3H3,(H,33,39)(H,37,38). The number of hydrogen-bond acceptors (Lipinski definition) is 8. The molecule has 0 radical (unpaired) electrons. The highest BCUT2D eigenvalue weighted by Crippen LogP contribution is 2.41. The zero-order valence-corrected chi connectivity index (χ0v) is 26.2. The second-order valence-electron chi connectivity index (χ2n) is 11.5. The third-order valence-electron chi connectivity index (χ3n) is 8.46. The van der Waals surface area contributed by atoms with Gasteiger partial charge in [0.15, 0.2) is 11.6 Å². The molecule has 2 N–H and O–H groups in total. The number of methoxy groups -OCH3 is 1. The molecule has 1 saturated heterocycles. The SMILES string of the molecule is COc1ccc(S(=O)(=O)N2CCC(N(C)C)CC2)cc1-c1csc(CNC(=O)C2(CC(=O)O)Cc3cc(F)c(F)cc3C2)n1. The number of thiazole rings is 1. The summed E-state index contributed by atoms with van der Waals surface area (Å²) in [7, 11) is 1.71. The van der Waals surface area contributed by atoms with Crippen molar-refractivity contribution in [3.05, 3.63) is 63.5 Å². The van der Waals surface area contributed by atoms with Gasteiger partial charge >= 0.3 is 5.97 Å². The van der Waals surface area contributed by atoms with E-state index < -0.39 is 45.4 Å². The van der Waals surface area contributed by atoms with Gasteiger partial charge in [0.2, 0.25) is 15.9 Å². The Hall–Kier alpha value is -3.46. The molecule has 1 amide bonds. The topological polar surface area (TPSA) is 129 Å². The number of benzene rings is 2. The fourth-order valence-electron chi connectivity index (χ4n) is 6.06. The van der Waals surface area contributed by atoms with E-state index in [1.165, 1.54) is 28.8 Å². The van der Waals surface area contributed by atoms with Crippen LogP contribution in [0.15, 0.2) is 40.6 Å². The first kappa shape index (κ1) is 31.9. The van der Waals surface area contributed by atoms with Crippen LogP contribution in [0.2, 0.25) is 0 Å². The lowest BCUT2D eigenvalue weighted by atomic mass is 9.80. The average Bonchev–Trinajstić information content (AvgIpc) is 3.60. The number of nitrogens with one attached hydrogen (secondary N) is 1. The summed E-state index contributed by atoms with van der Waals surface area (Å²) in [6.07, 6.45) is 0.900. The number of carbonyl (C=O) groups excluding carboxylic acids is 1. The summed E-state index contributed by atoms with van der Waals surface area (Å²) < 4.78 is 61.7. The van der Waals surface area contributed by atoms with Crippen molar-refractivity contribution in [1.29, 1.82) is 0 Å². The molecule has 0 spiro atoms. The quantitative estimate of drug-likeness (QED) is 0.341. The van der Waals surface area contributed by atoms with Gasteiger partial charge in [-0.2, -0.15) is 4.31 Å². The monoisotopic (exact) mass is 648 g/mol. The molecule has 1 aromatic heterocycles. The number of sulfonamides is 1. The maximum absolute atomic E-state index is 13.8. The highest BCUT2D eigenvalue weighted by molar-refractivity contribution is 7.89. The predicted molar refractivity (Wildman–Crippen MR) is 160 cm³/mol. The van der Waals surface area contributed by atoms with E-state index in [0.29, 0.717) is 52.3 Å². The van der Waals surface area contributed by atoms with Gasteiger partial charge in [0.25, 0.3) is 0 Å². The summed E-state index contributed by atoms with van der Waals surface area (Å²) in [6, 6.07) is 7.01. The van der Waals surface area contributed by atoms with E-state index in [4.69, 9.17) is 4.74 Å². The third kappa shape index (κ3) is 6.34. The first-order chi connectivity index (χ1) is 20.8. The molecule has 10 nitrogen and oxygen atoms in total. The molecule has 44 heavy (non-hydrogen) atoms. The number of amides is 1. The van der Waals surface area contributed by atoms with E-state index in [9.17, 15) is 31.9 Å². The molecule has 1 aliphatic heterocycles. The largest absolute Gasteiger partial charge is 0.496 e. The van der Waals surface area contributed by atoms with E-state index in [1.54, 1.807) is 17.5 Å². The highest BCUT2D eigenvalue weighted by atomic mass is 32.2. The maximum Gasteiger partial charge on any atom is 0.304 e. The number of carbonyl (C=O) groups is 2.